The van der Waals surface area contributed by atoms with Gasteiger partial charge in [-0.25, -0.2) is 14.4 Å². The fourth-order valence-electron chi connectivity index (χ4n) is 3.03. The predicted molar refractivity (Wildman–Crippen MR) is 107 cm³/mol. The molecule has 6 nitrogen and oxygen atoms in total. The zero-order valence-electron chi connectivity index (χ0n) is 15.1. The summed E-state index contributed by atoms with van der Waals surface area (Å²) in [4.78, 5) is 8.56. The summed E-state index contributed by atoms with van der Waals surface area (Å²) in [7, 11) is 0. The molecule has 0 amide bonds. The normalized spacial score (nSPS) is 11.2. The maximum Gasteiger partial charge on any atom is 0.200 e. The van der Waals surface area contributed by atoms with Crippen LogP contribution in [0.1, 0.15) is 5.56 Å². The standard InChI is InChI=1S/C21H14FN5OS/c22-15-8-9-17-16(11-15)20(24-13-23-17)29-21-26-25-19(18-7-4-10-28-18)27(21)12-14-5-2-1-3-6-14/h1-11,13H,12H2. The number of nitrogens with zero attached hydrogens (tertiary/aromatic N) is 5. The van der Waals surface area contributed by atoms with Gasteiger partial charge >= 0.3 is 0 Å². The molecule has 5 rings (SSSR count). The van der Waals surface area contributed by atoms with E-state index in [1.807, 2.05) is 47.0 Å². The van der Waals surface area contributed by atoms with Gasteiger partial charge in [0.15, 0.2) is 10.9 Å². The van der Waals surface area contributed by atoms with Crippen LogP contribution in [0, 0.1) is 5.82 Å². The summed E-state index contributed by atoms with van der Waals surface area (Å²) in [6.45, 7) is 0.559. The summed E-state index contributed by atoms with van der Waals surface area (Å²) >= 11 is 1.32. The molecule has 142 valence electrons. The monoisotopic (exact) mass is 403 g/mol. The van der Waals surface area contributed by atoms with Crippen LogP contribution >= 0.6 is 11.8 Å². The second-order valence-corrected chi connectivity index (χ2v) is 7.25. The molecule has 0 bridgehead atoms. The first kappa shape index (κ1) is 17.6. The van der Waals surface area contributed by atoms with Crippen LogP contribution in [0.2, 0.25) is 0 Å². The maximum absolute atomic E-state index is 13.8. The highest BCUT2D eigenvalue weighted by atomic mass is 32.2. The molecule has 0 atom stereocenters. The van der Waals surface area contributed by atoms with Crippen LogP contribution in [0.4, 0.5) is 4.39 Å². The Morgan fingerprint density at radius 2 is 1.86 bits per heavy atom. The van der Waals surface area contributed by atoms with Crippen LogP contribution < -0.4 is 0 Å². The fraction of sp³-hybridized carbons (Fsp3) is 0.0476. The van der Waals surface area contributed by atoms with Crippen molar-refractivity contribution in [2.75, 3.05) is 0 Å². The van der Waals surface area contributed by atoms with Crippen molar-refractivity contribution in [2.24, 2.45) is 0 Å². The van der Waals surface area contributed by atoms with Crippen LogP contribution in [0.15, 0.2) is 87.9 Å². The van der Waals surface area contributed by atoms with Crippen molar-refractivity contribution in [3.8, 4) is 11.6 Å². The summed E-state index contributed by atoms with van der Waals surface area (Å²) in [6.07, 6.45) is 3.07. The van der Waals surface area contributed by atoms with Gasteiger partial charge in [-0.05, 0) is 47.7 Å². The van der Waals surface area contributed by atoms with Crippen LogP contribution in [-0.2, 0) is 6.54 Å². The minimum absolute atomic E-state index is 0.337. The SMILES string of the molecule is Fc1ccc2ncnc(Sc3nnc(-c4ccco4)n3Cc3ccccc3)c2c1. The number of rotatable bonds is 5. The first-order valence-electron chi connectivity index (χ1n) is 8.87. The second kappa shape index (κ2) is 7.48. The zero-order valence-corrected chi connectivity index (χ0v) is 15.9. The topological polar surface area (TPSA) is 69.6 Å². The molecule has 3 aromatic heterocycles. The summed E-state index contributed by atoms with van der Waals surface area (Å²) in [5.74, 6) is 0.904. The third-order valence-corrected chi connectivity index (χ3v) is 5.39. The van der Waals surface area contributed by atoms with Crippen LogP contribution in [0.25, 0.3) is 22.5 Å². The number of hydrogen-bond donors (Lipinski definition) is 0. The van der Waals surface area contributed by atoms with Gasteiger partial charge in [-0.2, -0.15) is 0 Å². The molecular formula is C21H14FN5OS. The van der Waals surface area contributed by atoms with Crippen molar-refractivity contribution in [3.05, 3.63) is 84.6 Å². The number of aromatic nitrogens is 5. The fourth-order valence-corrected chi connectivity index (χ4v) is 3.92. The Bertz CT molecular complexity index is 1270. The molecule has 0 aliphatic rings. The lowest BCUT2D eigenvalue weighted by atomic mass is 10.2. The Kier molecular flexibility index (Phi) is 4.53. The summed E-state index contributed by atoms with van der Waals surface area (Å²) in [5, 5.41) is 10.6. The van der Waals surface area contributed by atoms with E-state index in [4.69, 9.17) is 4.42 Å². The van der Waals surface area contributed by atoms with Gasteiger partial charge in [-0.3, -0.25) is 4.57 Å². The number of halogens is 1. The average Bonchev–Trinajstić information content (AvgIpc) is 3.40. The van der Waals surface area contributed by atoms with Crippen LogP contribution in [0.3, 0.4) is 0 Å². The highest BCUT2D eigenvalue weighted by Crippen LogP contribution is 2.33. The lowest BCUT2D eigenvalue weighted by Crippen LogP contribution is -2.04. The van der Waals surface area contributed by atoms with E-state index in [2.05, 4.69) is 20.2 Å². The van der Waals surface area contributed by atoms with E-state index >= 15 is 0 Å². The van der Waals surface area contributed by atoms with Crippen molar-refractivity contribution in [3.63, 3.8) is 0 Å². The summed E-state index contributed by atoms with van der Waals surface area (Å²) in [6, 6.07) is 18.1. The van der Waals surface area contributed by atoms with E-state index in [1.165, 1.54) is 30.2 Å². The van der Waals surface area contributed by atoms with Gasteiger partial charge in [0.1, 0.15) is 17.2 Å². The second-order valence-electron chi connectivity index (χ2n) is 6.30. The van der Waals surface area contributed by atoms with E-state index in [0.29, 0.717) is 39.2 Å². The van der Waals surface area contributed by atoms with Crippen LogP contribution in [-0.4, -0.2) is 24.7 Å². The minimum Gasteiger partial charge on any atom is -0.461 e. The summed E-state index contributed by atoms with van der Waals surface area (Å²) < 4.78 is 21.3. The molecule has 0 unspecified atom stereocenters. The third-order valence-electron chi connectivity index (χ3n) is 4.39. The Morgan fingerprint density at radius 1 is 0.966 bits per heavy atom. The molecule has 0 fully saturated rings. The molecular weight excluding hydrogens is 389 g/mol. The number of hydrogen-bond acceptors (Lipinski definition) is 6. The van der Waals surface area contributed by atoms with E-state index in [-0.39, 0.29) is 5.82 Å². The van der Waals surface area contributed by atoms with Gasteiger partial charge in [0.05, 0.1) is 18.3 Å². The largest absolute Gasteiger partial charge is 0.461 e. The van der Waals surface area contributed by atoms with Gasteiger partial charge in [-0.15, -0.1) is 10.2 Å². The zero-order chi connectivity index (χ0) is 19.6. The molecule has 5 aromatic rings. The lowest BCUT2D eigenvalue weighted by Gasteiger charge is -2.10. The molecule has 8 heteroatoms. The molecule has 0 spiro atoms. The van der Waals surface area contributed by atoms with Gasteiger partial charge in [0, 0.05) is 5.39 Å². The Morgan fingerprint density at radius 3 is 2.69 bits per heavy atom. The van der Waals surface area contributed by atoms with E-state index < -0.39 is 0 Å². The smallest absolute Gasteiger partial charge is 0.200 e. The number of fused-ring (bicyclic) bond motifs is 1. The summed E-state index contributed by atoms with van der Waals surface area (Å²) in [5.41, 5.74) is 1.77. The van der Waals surface area contributed by atoms with Gasteiger partial charge < -0.3 is 4.42 Å². The van der Waals surface area contributed by atoms with Crippen molar-refractivity contribution in [1.82, 2.24) is 24.7 Å². The lowest BCUT2D eigenvalue weighted by molar-refractivity contribution is 0.569. The van der Waals surface area contributed by atoms with Gasteiger partial charge in [-0.1, -0.05) is 30.3 Å². The quantitative estimate of drug-likeness (QED) is 0.392. The highest BCUT2D eigenvalue weighted by molar-refractivity contribution is 7.99. The van der Waals surface area contributed by atoms with E-state index in [9.17, 15) is 4.39 Å². The van der Waals surface area contributed by atoms with Gasteiger partial charge in [0.25, 0.3) is 0 Å². The van der Waals surface area contributed by atoms with Crippen molar-refractivity contribution < 1.29 is 8.81 Å². The minimum atomic E-state index is -0.337. The first-order chi connectivity index (χ1) is 14.3. The molecule has 3 heterocycles. The Hall–Kier alpha value is -3.52. The first-order valence-corrected chi connectivity index (χ1v) is 9.69. The molecule has 0 N–H and O–H groups in total. The van der Waals surface area contributed by atoms with Crippen LogP contribution in [0.5, 0.6) is 0 Å². The molecule has 0 aliphatic carbocycles. The Labute approximate surface area is 169 Å². The number of furan rings is 1. The highest BCUT2D eigenvalue weighted by Gasteiger charge is 2.19. The van der Waals surface area contributed by atoms with Crippen molar-refractivity contribution >= 4 is 22.7 Å². The molecule has 0 aliphatic heterocycles. The third kappa shape index (κ3) is 3.50. The van der Waals surface area contributed by atoms with E-state index in [0.717, 1.165) is 5.56 Å². The Balaban J connectivity index is 1.60. The van der Waals surface area contributed by atoms with Crippen molar-refractivity contribution in [2.45, 2.75) is 16.7 Å². The maximum atomic E-state index is 13.8. The predicted octanol–water partition coefficient (Wildman–Crippen LogP) is 4.82. The van der Waals surface area contributed by atoms with Gasteiger partial charge in [0.2, 0.25) is 5.82 Å². The molecule has 2 aromatic carbocycles. The molecule has 0 saturated heterocycles. The number of benzene rings is 2. The molecule has 29 heavy (non-hydrogen) atoms. The molecule has 0 saturated carbocycles. The average molecular weight is 403 g/mol. The van der Waals surface area contributed by atoms with E-state index in [1.54, 1.807) is 12.3 Å². The van der Waals surface area contributed by atoms with Crippen molar-refractivity contribution in [1.29, 1.82) is 0 Å². The molecule has 0 radical (unpaired) electrons.